The van der Waals surface area contributed by atoms with Crippen molar-refractivity contribution < 1.29 is 0 Å². The van der Waals surface area contributed by atoms with E-state index in [1.807, 2.05) is 17.8 Å². The van der Waals surface area contributed by atoms with Crippen LogP contribution in [0.2, 0.25) is 0 Å². The maximum atomic E-state index is 5.44. The van der Waals surface area contributed by atoms with Crippen LogP contribution in [0.25, 0.3) is 33.3 Å². The number of allylic oxidation sites excluding steroid dienone is 5. The van der Waals surface area contributed by atoms with Crippen molar-refractivity contribution in [2.45, 2.75) is 40.9 Å². The smallest absolute Gasteiger partial charge is 0.133 e. The standard InChI is InChI=1S/C49H38N2S/c1-4-5-21-38-42(31-47-50-43(34-18-7-6-8-19-34)32-44(51-47)36-29-28-33-17-9-10-20-35(33)30-36)49(39-23-12-11-22-37(39)48(38,2)3)40-24-13-15-26-45(40)52-46-27-16-14-25-41(46)49/h4-30,32H,1,31H2,2-3H3/b21-5-. The van der Waals surface area contributed by atoms with Crippen LogP contribution >= 0.6 is 11.8 Å². The normalized spacial score (nSPS) is 15.3. The molecule has 1 aliphatic heterocycles. The first-order chi connectivity index (χ1) is 25.5. The van der Waals surface area contributed by atoms with Gasteiger partial charge in [0.05, 0.1) is 16.8 Å². The first-order valence-electron chi connectivity index (χ1n) is 17.9. The van der Waals surface area contributed by atoms with E-state index in [0.717, 1.165) is 28.3 Å². The summed E-state index contributed by atoms with van der Waals surface area (Å²) in [7, 11) is 0. The van der Waals surface area contributed by atoms with E-state index in [-0.39, 0.29) is 5.41 Å². The fourth-order valence-electron chi connectivity index (χ4n) is 8.54. The summed E-state index contributed by atoms with van der Waals surface area (Å²) in [4.78, 5) is 13.4. The third-order valence-electron chi connectivity index (χ3n) is 10.9. The van der Waals surface area contributed by atoms with Gasteiger partial charge in [0.15, 0.2) is 0 Å². The molecule has 1 spiro atoms. The van der Waals surface area contributed by atoms with Gasteiger partial charge in [0.25, 0.3) is 0 Å². The van der Waals surface area contributed by atoms with Gasteiger partial charge in [-0.15, -0.1) is 0 Å². The summed E-state index contributed by atoms with van der Waals surface area (Å²) in [5.41, 5.74) is 10.9. The first kappa shape index (κ1) is 32.2. The number of benzene rings is 6. The van der Waals surface area contributed by atoms with Crippen LogP contribution in [0.15, 0.2) is 197 Å². The minimum absolute atomic E-state index is 0.302. The van der Waals surface area contributed by atoms with Crippen LogP contribution in [0, 0.1) is 0 Å². The highest BCUT2D eigenvalue weighted by atomic mass is 32.2. The molecule has 0 N–H and O–H groups in total. The molecule has 7 aromatic rings. The van der Waals surface area contributed by atoms with E-state index in [2.05, 4.69) is 184 Å². The van der Waals surface area contributed by atoms with Crippen molar-refractivity contribution >= 4 is 22.5 Å². The van der Waals surface area contributed by atoms with Crippen molar-refractivity contribution in [2.75, 3.05) is 0 Å². The Kier molecular flexibility index (Phi) is 7.90. The maximum Gasteiger partial charge on any atom is 0.133 e. The molecule has 0 unspecified atom stereocenters. The molecule has 0 radical (unpaired) electrons. The Morgan fingerprint density at radius 2 is 1.15 bits per heavy atom. The van der Waals surface area contributed by atoms with Crippen LogP contribution in [0.3, 0.4) is 0 Å². The highest BCUT2D eigenvalue weighted by Gasteiger charge is 2.52. The van der Waals surface area contributed by atoms with E-state index in [4.69, 9.17) is 9.97 Å². The Labute approximate surface area is 310 Å². The van der Waals surface area contributed by atoms with Gasteiger partial charge >= 0.3 is 0 Å². The van der Waals surface area contributed by atoms with Crippen molar-refractivity contribution in [3.05, 3.63) is 216 Å². The maximum absolute atomic E-state index is 5.44. The Bertz CT molecular complexity index is 2530. The number of fused-ring (bicyclic) bond motifs is 7. The largest absolute Gasteiger partial charge is 0.233 e. The second-order valence-corrected chi connectivity index (χ2v) is 15.2. The molecule has 0 bridgehead atoms. The van der Waals surface area contributed by atoms with E-state index in [1.54, 1.807) is 0 Å². The van der Waals surface area contributed by atoms with Crippen LogP contribution in [-0.4, -0.2) is 9.97 Å². The summed E-state index contributed by atoms with van der Waals surface area (Å²) in [5, 5.41) is 2.41. The lowest BCUT2D eigenvalue weighted by Gasteiger charge is -2.51. The molecule has 0 atom stereocenters. The second kappa shape index (κ2) is 12.8. The number of hydrogen-bond acceptors (Lipinski definition) is 3. The summed E-state index contributed by atoms with van der Waals surface area (Å²) >= 11 is 1.86. The molecule has 0 saturated heterocycles. The van der Waals surface area contributed by atoms with Gasteiger partial charge in [-0.2, -0.15) is 0 Å². The van der Waals surface area contributed by atoms with Gasteiger partial charge in [-0.1, -0.05) is 178 Å². The first-order valence-corrected chi connectivity index (χ1v) is 18.7. The quantitative estimate of drug-likeness (QED) is 0.163. The zero-order chi connectivity index (χ0) is 35.3. The fourth-order valence-corrected chi connectivity index (χ4v) is 9.73. The number of hydrogen-bond donors (Lipinski definition) is 0. The Morgan fingerprint density at radius 3 is 1.85 bits per heavy atom. The lowest BCUT2D eigenvalue weighted by atomic mass is 9.53. The van der Waals surface area contributed by atoms with E-state index in [9.17, 15) is 0 Å². The molecule has 0 saturated carbocycles. The summed E-state index contributed by atoms with van der Waals surface area (Å²) in [6.45, 7) is 8.82. The molecule has 9 rings (SSSR count). The Hall–Kier alpha value is -5.77. The monoisotopic (exact) mass is 686 g/mol. The molecule has 2 heterocycles. The van der Waals surface area contributed by atoms with E-state index in [1.165, 1.54) is 54.0 Å². The molecule has 6 aromatic carbocycles. The van der Waals surface area contributed by atoms with Gasteiger partial charge in [-0.05, 0) is 68.4 Å². The molecule has 52 heavy (non-hydrogen) atoms. The molecular formula is C49H38N2S. The van der Waals surface area contributed by atoms with Gasteiger partial charge < -0.3 is 0 Å². The number of rotatable bonds is 6. The highest BCUT2D eigenvalue weighted by molar-refractivity contribution is 7.99. The molecule has 2 nitrogen and oxygen atoms in total. The lowest BCUT2D eigenvalue weighted by Crippen LogP contribution is -2.44. The van der Waals surface area contributed by atoms with Crippen LogP contribution < -0.4 is 0 Å². The van der Waals surface area contributed by atoms with Crippen molar-refractivity contribution in [2.24, 2.45) is 0 Å². The lowest BCUT2D eigenvalue weighted by molar-refractivity contribution is 0.532. The minimum Gasteiger partial charge on any atom is -0.233 e. The zero-order valence-corrected chi connectivity index (χ0v) is 30.2. The van der Waals surface area contributed by atoms with Gasteiger partial charge in [0.2, 0.25) is 0 Å². The van der Waals surface area contributed by atoms with Crippen LogP contribution in [0.4, 0.5) is 0 Å². The average Bonchev–Trinajstić information content (AvgIpc) is 3.19. The minimum atomic E-state index is -0.569. The summed E-state index contributed by atoms with van der Waals surface area (Å²) in [6, 6.07) is 54.8. The van der Waals surface area contributed by atoms with Gasteiger partial charge in [0, 0.05) is 32.8 Å². The van der Waals surface area contributed by atoms with Crippen LogP contribution in [0.1, 0.15) is 41.9 Å². The van der Waals surface area contributed by atoms with E-state index < -0.39 is 5.41 Å². The van der Waals surface area contributed by atoms with Crippen LogP contribution in [-0.2, 0) is 17.3 Å². The molecule has 250 valence electrons. The number of aromatic nitrogens is 2. The Balaban J connectivity index is 1.36. The average molecular weight is 687 g/mol. The Morgan fingerprint density at radius 1 is 0.577 bits per heavy atom. The molecule has 1 aliphatic carbocycles. The van der Waals surface area contributed by atoms with Gasteiger partial charge in [-0.25, -0.2) is 9.97 Å². The van der Waals surface area contributed by atoms with Gasteiger partial charge in [0.1, 0.15) is 5.82 Å². The van der Waals surface area contributed by atoms with Gasteiger partial charge in [-0.3, -0.25) is 0 Å². The third kappa shape index (κ3) is 5.11. The summed E-state index contributed by atoms with van der Waals surface area (Å²) in [6.07, 6.45) is 6.83. The summed E-state index contributed by atoms with van der Waals surface area (Å²) < 4.78 is 0. The molecule has 0 amide bonds. The van der Waals surface area contributed by atoms with E-state index >= 15 is 0 Å². The summed E-state index contributed by atoms with van der Waals surface area (Å²) in [5.74, 6) is 0.798. The second-order valence-electron chi connectivity index (χ2n) is 14.2. The zero-order valence-electron chi connectivity index (χ0n) is 29.4. The van der Waals surface area contributed by atoms with Crippen molar-refractivity contribution in [1.29, 1.82) is 0 Å². The highest BCUT2D eigenvalue weighted by Crippen LogP contribution is 2.62. The molecule has 0 fully saturated rings. The predicted octanol–water partition coefficient (Wildman–Crippen LogP) is 12.3. The third-order valence-corrected chi connectivity index (χ3v) is 12.0. The predicted molar refractivity (Wildman–Crippen MR) is 217 cm³/mol. The molecule has 3 heteroatoms. The van der Waals surface area contributed by atoms with Crippen LogP contribution in [0.5, 0.6) is 0 Å². The molecule has 1 aromatic heterocycles. The molecule has 2 aliphatic rings. The van der Waals surface area contributed by atoms with Crippen molar-refractivity contribution in [3.63, 3.8) is 0 Å². The SMILES string of the molecule is C=C/C=C\C1=C(Cc2nc(-c3ccccc3)cc(-c3ccc4ccccc4c3)n2)C2(c3ccccc3Sc3ccccc32)c2ccccc2C1(C)C. The number of nitrogens with zero attached hydrogens (tertiary/aromatic N) is 2. The van der Waals surface area contributed by atoms with Crippen molar-refractivity contribution in [3.8, 4) is 22.5 Å². The van der Waals surface area contributed by atoms with Crippen molar-refractivity contribution in [1.82, 2.24) is 9.97 Å². The van der Waals surface area contributed by atoms with E-state index in [0.29, 0.717) is 6.42 Å². The topological polar surface area (TPSA) is 25.8 Å². The fraction of sp³-hybridized carbons (Fsp3) is 0.102. The molecular weight excluding hydrogens is 649 g/mol.